The average molecular weight is 463 g/mol. The Morgan fingerprint density at radius 3 is 2.41 bits per heavy atom. The normalized spacial score (nSPS) is 11.9. The van der Waals surface area contributed by atoms with Gasteiger partial charge in [-0.05, 0) is 56.2 Å². The van der Waals surface area contributed by atoms with Crippen molar-refractivity contribution in [1.82, 2.24) is 5.43 Å². The van der Waals surface area contributed by atoms with Gasteiger partial charge in [0, 0.05) is 16.1 Å². The van der Waals surface area contributed by atoms with E-state index in [0.717, 1.165) is 28.6 Å². The Morgan fingerprint density at radius 1 is 1.07 bits per heavy atom. The summed E-state index contributed by atoms with van der Waals surface area (Å²) in [6.07, 6.45) is 2.69. The molecular formula is C22H27BrN2O4. The molecule has 0 aromatic heterocycles. The van der Waals surface area contributed by atoms with Crippen LogP contribution in [0.4, 0.5) is 0 Å². The summed E-state index contributed by atoms with van der Waals surface area (Å²) in [6, 6.07) is 12.8. The standard InChI is InChI=1S/C22H27BrN2O4/c1-4-12-27-20-9-6-17(21(14-20)28-13-5-2)15-24-25-22(26)16(3)29-19-10-7-18(23)8-11-19/h6-11,14-16H,4-5,12-13H2,1-3H3,(H,25,26)/b24-15-/t16-/m1/s1. The van der Waals surface area contributed by atoms with Crippen molar-refractivity contribution < 1.29 is 19.0 Å². The fourth-order valence-corrected chi connectivity index (χ4v) is 2.56. The first kappa shape index (κ1) is 22.7. The van der Waals surface area contributed by atoms with Crippen molar-refractivity contribution in [1.29, 1.82) is 0 Å². The summed E-state index contributed by atoms with van der Waals surface area (Å²) >= 11 is 3.36. The van der Waals surface area contributed by atoms with Crippen molar-refractivity contribution in [3.05, 3.63) is 52.5 Å². The fourth-order valence-electron chi connectivity index (χ4n) is 2.30. The van der Waals surface area contributed by atoms with Crippen LogP contribution in [0.3, 0.4) is 0 Å². The van der Waals surface area contributed by atoms with E-state index in [2.05, 4.69) is 33.4 Å². The Balaban J connectivity index is 1.97. The molecule has 1 N–H and O–H groups in total. The van der Waals surface area contributed by atoms with Gasteiger partial charge in [-0.25, -0.2) is 5.43 Å². The smallest absolute Gasteiger partial charge is 0.280 e. The largest absolute Gasteiger partial charge is 0.493 e. The van der Waals surface area contributed by atoms with E-state index >= 15 is 0 Å². The summed E-state index contributed by atoms with van der Waals surface area (Å²) in [4.78, 5) is 12.2. The van der Waals surface area contributed by atoms with E-state index in [9.17, 15) is 4.79 Å². The number of benzene rings is 2. The lowest BCUT2D eigenvalue weighted by molar-refractivity contribution is -0.127. The number of ether oxygens (including phenoxy) is 3. The number of carbonyl (C=O) groups is 1. The Hall–Kier alpha value is -2.54. The van der Waals surface area contributed by atoms with Gasteiger partial charge in [-0.2, -0.15) is 5.10 Å². The van der Waals surface area contributed by atoms with Crippen LogP contribution in [-0.2, 0) is 4.79 Å². The van der Waals surface area contributed by atoms with Crippen molar-refractivity contribution in [2.24, 2.45) is 5.10 Å². The summed E-state index contributed by atoms with van der Waals surface area (Å²) in [5.74, 6) is 1.68. The molecule has 0 aliphatic heterocycles. The molecule has 0 saturated heterocycles. The SMILES string of the molecule is CCCOc1ccc(/C=N\NC(=O)[C@@H](C)Oc2ccc(Br)cc2)c(OCCC)c1. The predicted molar refractivity (Wildman–Crippen MR) is 118 cm³/mol. The van der Waals surface area contributed by atoms with Gasteiger partial charge < -0.3 is 14.2 Å². The Labute approximate surface area is 180 Å². The van der Waals surface area contributed by atoms with Gasteiger partial charge in [0.1, 0.15) is 17.2 Å². The molecule has 7 heteroatoms. The third-order valence-electron chi connectivity index (χ3n) is 3.79. The van der Waals surface area contributed by atoms with Gasteiger partial charge in [0.2, 0.25) is 0 Å². The first-order chi connectivity index (χ1) is 14.0. The zero-order chi connectivity index (χ0) is 21.1. The van der Waals surface area contributed by atoms with E-state index < -0.39 is 6.10 Å². The van der Waals surface area contributed by atoms with Gasteiger partial charge in [-0.3, -0.25) is 4.79 Å². The van der Waals surface area contributed by atoms with Crippen molar-refractivity contribution in [2.75, 3.05) is 13.2 Å². The van der Waals surface area contributed by atoms with Crippen LogP contribution in [0.5, 0.6) is 17.2 Å². The Kier molecular flexibility index (Phi) is 9.50. The maximum absolute atomic E-state index is 12.2. The zero-order valence-electron chi connectivity index (χ0n) is 17.0. The van der Waals surface area contributed by atoms with Gasteiger partial charge >= 0.3 is 0 Å². The third-order valence-corrected chi connectivity index (χ3v) is 4.32. The van der Waals surface area contributed by atoms with Crippen LogP contribution in [-0.4, -0.2) is 31.4 Å². The van der Waals surface area contributed by atoms with Gasteiger partial charge in [-0.15, -0.1) is 0 Å². The highest BCUT2D eigenvalue weighted by molar-refractivity contribution is 9.10. The lowest BCUT2D eigenvalue weighted by atomic mass is 10.2. The van der Waals surface area contributed by atoms with E-state index in [0.29, 0.717) is 24.7 Å². The second kappa shape index (κ2) is 12.1. The lowest BCUT2D eigenvalue weighted by Crippen LogP contribution is -2.33. The molecule has 29 heavy (non-hydrogen) atoms. The van der Waals surface area contributed by atoms with Crippen LogP contribution in [0.25, 0.3) is 0 Å². The Bertz CT molecular complexity index is 809. The number of hydrazone groups is 1. The molecule has 2 rings (SSSR count). The van der Waals surface area contributed by atoms with E-state index in [1.165, 1.54) is 0 Å². The van der Waals surface area contributed by atoms with Crippen LogP contribution in [0.2, 0.25) is 0 Å². The molecule has 0 aliphatic carbocycles. The molecule has 0 radical (unpaired) electrons. The molecule has 0 saturated carbocycles. The van der Waals surface area contributed by atoms with E-state index in [1.807, 2.05) is 37.3 Å². The molecular weight excluding hydrogens is 436 g/mol. The fraction of sp³-hybridized carbons (Fsp3) is 0.364. The number of carbonyl (C=O) groups excluding carboxylic acids is 1. The van der Waals surface area contributed by atoms with Crippen molar-refractivity contribution in [3.8, 4) is 17.2 Å². The summed E-state index contributed by atoms with van der Waals surface area (Å²) < 4.78 is 18.0. The third kappa shape index (κ3) is 7.77. The van der Waals surface area contributed by atoms with Crippen molar-refractivity contribution in [3.63, 3.8) is 0 Å². The molecule has 0 unspecified atom stereocenters. The number of nitrogens with zero attached hydrogens (tertiary/aromatic N) is 1. The number of amides is 1. The summed E-state index contributed by atoms with van der Waals surface area (Å²) in [7, 11) is 0. The van der Waals surface area contributed by atoms with E-state index in [1.54, 1.807) is 25.3 Å². The molecule has 2 aromatic carbocycles. The van der Waals surface area contributed by atoms with Gasteiger partial charge in [0.05, 0.1) is 19.4 Å². The highest BCUT2D eigenvalue weighted by Crippen LogP contribution is 2.24. The number of rotatable bonds is 11. The van der Waals surface area contributed by atoms with Crippen LogP contribution < -0.4 is 19.6 Å². The molecule has 156 valence electrons. The average Bonchev–Trinajstić information content (AvgIpc) is 2.73. The van der Waals surface area contributed by atoms with E-state index in [-0.39, 0.29) is 5.91 Å². The topological polar surface area (TPSA) is 69.2 Å². The molecule has 0 heterocycles. The summed E-state index contributed by atoms with van der Waals surface area (Å²) in [5.41, 5.74) is 3.26. The molecule has 1 amide bonds. The molecule has 0 fully saturated rings. The minimum atomic E-state index is -0.686. The van der Waals surface area contributed by atoms with Gasteiger partial charge in [0.15, 0.2) is 6.10 Å². The quantitative estimate of drug-likeness (QED) is 0.379. The molecule has 2 aromatic rings. The number of hydrogen-bond donors (Lipinski definition) is 1. The predicted octanol–water partition coefficient (Wildman–Crippen LogP) is 4.94. The minimum Gasteiger partial charge on any atom is -0.493 e. The molecule has 0 bridgehead atoms. The maximum Gasteiger partial charge on any atom is 0.280 e. The van der Waals surface area contributed by atoms with Gasteiger partial charge in [-0.1, -0.05) is 29.8 Å². The van der Waals surface area contributed by atoms with Crippen molar-refractivity contribution in [2.45, 2.75) is 39.7 Å². The summed E-state index contributed by atoms with van der Waals surface area (Å²) in [6.45, 7) is 7.00. The number of halogens is 1. The monoisotopic (exact) mass is 462 g/mol. The first-order valence-electron chi connectivity index (χ1n) is 9.68. The lowest BCUT2D eigenvalue weighted by Gasteiger charge is -2.13. The minimum absolute atomic E-state index is 0.344. The number of nitrogens with one attached hydrogen (secondary N) is 1. The number of hydrogen-bond acceptors (Lipinski definition) is 5. The van der Waals surface area contributed by atoms with Crippen LogP contribution in [0, 0.1) is 0 Å². The second-order valence-electron chi connectivity index (χ2n) is 6.34. The van der Waals surface area contributed by atoms with Crippen LogP contribution >= 0.6 is 15.9 Å². The van der Waals surface area contributed by atoms with Crippen molar-refractivity contribution >= 4 is 28.1 Å². The molecule has 0 aliphatic rings. The first-order valence-corrected chi connectivity index (χ1v) is 10.5. The second-order valence-corrected chi connectivity index (χ2v) is 7.26. The molecule has 6 nitrogen and oxygen atoms in total. The van der Waals surface area contributed by atoms with Gasteiger partial charge in [0.25, 0.3) is 5.91 Å². The Morgan fingerprint density at radius 2 is 1.72 bits per heavy atom. The highest BCUT2D eigenvalue weighted by atomic mass is 79.9. The molecule has 1 atom stereocenters. The summed E-state index contributed by atoms with van der Waals surface area (Å²) in [5, 5.41) is 4.05. The molecule has 0 spiro atoms. The van der Waals surface area contributed by atoms with Crippen LogP contribution in [0.15, 0.2) is 52.0 Å². The highest BCUT2D eigenvalue weighted by Gasteiger charge is 2.14. The maximum atomic E-state index is 12.2. The van der Waals surface area contributed by atoms with Crippen LogP contribution in [0.1, 0.15) is 39.2 Å². The van der Waals surface area contributed by atoms with E-state index in [4.69, 9.17) is 14.2 Å². The zero-order valence-corrected chi connectivity index (χ0v) is 18.6.